The minimum Gasteiger partial charge on any atom is -0.480 e. The highest BCUT2D eigenvalue weighted by molar-refractivity contribution is 6.06. The van der Waals surface area contributed by atoms with E-state index in [-0.39, 0.29) is 24.2 Å². The molecule has 1 saturated carbocycles. The molecule has 3 rings (SSSR count). The molecule has 2 aliphatic carbocycles. The maximum atomic E-state index is 12.4. The smallest absolute Gasteiger partial charge is 0.432 e. The van der Waals surface area contributed by atoms with Gasteiger partial charge in [-0.3, -0.25) is 9.59 Å². The number of hydrogen-bond donors (Lipinski definition) is 2. The van der Waals surface area contributed by atoms with Crippen LogP contribution in [0.2, 0.25) is 0 Å². The standard InChI is InChI=1S/C16H20N2O6/c1-7(2)5-10(15(21)22)17-16(23)24-18-13(19)11-8-3-4-9(6-8)12(11)14(18)20/h3-4,7-12H,5-6H2,1-2H3,(H,17,23)(H,21,22)/t8?,9?,10-,11?,12?/m0/s1. The predicted octanol–water partition coefficient (Wildman–Crippen LogP) is 0.934. The second kappa shape index (κ2) is 5.92. The van der Waals surface area contributed by atoms with Gasteiger partial charge in [-0.1, -0.05) is 26.0 Å². The number of carbonyl (C=O) groups is 4. The molecule has 0 aromatic carbocycles. The number of amides is 3. The molecular formula is C16H20N2O6. The Kier molecular flexibility index (Phi) is 4.06. The second-order valence-corrected chi connectivity index (χ2v) is 7.01. The molecule has 8 nitrogen and oxygen atoms in total. The first-order valence-corrected chi connectivity index (χ1v) is 8.07. The highest BCUT2D eigenvalue weighted by atomic mass is 16.7. The Bertz CT molecular complexity index is 598. The van der Waals surface area contributed by atoms with Crippen molar-refractivity contribution in [2.24, 2.45) is 29.6 Å². The Balaban J connectivity index is 1.64. The molecule has 3 aliphatic rings. The van der Waals surface area contributed by atoms with Crippen LogP contribution in [0.3, 0.4) is 0 Å². The fourth-order valence-corrected chi connectivity index (χ4v) is 3.91. The van der Waals surface area contributed by atoms with Gasteiger partial charge in [-0.2, -0.15) is 0 Å². The van der Waals surface area contributed by atoms with Crippen molar-refractivity contribution in [3.63, 3.8) is 0 Å². The molecule has 8 heteroatoms. The van der Waals surface area contributed by atoms with Gasteiger partial charge in [-0.15, -0.1) is 5.06 Å². The molecule has 24 heavy (non-hydrogen) atoms. The van der Waals surface area contributed by atoms with Crippen molar-refractivity contribution in [1.29, 1.82) is 0 Å². The number of imide groups is 1. The van der Waals surface area contributed by atoms with E-state index in [4.69, 9.17) is 9.94 Å². The lowest BCUT2D eigenvalue weighted by Crippen LogP contribution is -2.45. The zero-order valence-corrected chi connectivity index (χ0v) is 13.5. The van der Waals surface area contributed by atoms with Crippen molar-refractivity contribution in [2.75, 3.05) is 0 Å². The Morgan fingerprint density at radius 3 is 2.25 bits per heavy atom. The monoisotopic (exact) mass is 336 g/mol. The lowest BCUT2D eigenvalue weighted by Gasteiger charge is -2.19. The third-order valence-corrected chi connectivity index (χ3v) is 4.90. The van der Waals surface area contributed by atoms with Gasteiger partial charge in [0.2, 0.25) is 0 Å². The van der Waals surface area contributed by atoms with Crippen molar-refractivity contribution in [3.05, 3.63) is 12.2 Å². The SMILES string of the molecule is CC(C)C[C@H](NC(=O)ON1C(=O)C2C3C=CC(C3)C2C1=O)C(=O)O. The van der Waals surface area contributed by atoms with E-state index in [9.17, 15) is 19.2 Å². The predicted molar refractivity (Wildman–Crippen MR) is 80.1 cm³/mol. The molecule has 5 atom stereocenters. The van der Waals surface area contributed by atoms with Gasteiger partial charge in [-0.25, -0.2) is 9.59 Å². The van der Waals surface area contributed by atoms with E-state index in [0.717, 1.165) is 6.42 Å². The second-order valence-electron chi connectivity index (χ2n) is 7.01. The molecule has 0 aromatic rings. The van der Waals surface area contributed by atoms with E-state index in [2.05, 4.69) is 5.32 Å². The Morgan fingerprint density at radius 2 is 1.79 bits per heavy atom. The number of hydroxylamine groups is 2. The van der Waals surface area contributed by atoms with E-state index >= 15 is 0 Å². The van der Waals surface area contributed by atoms with Gasteiger partial charge < -0.3 is 15.3 Å². The molecule has 2 N–H and O–H groups in total. The van der Waals surface area contributed by atoms with Gasteiger partial charge in [0, 0.05) is 0 Å². The normalized spacial score (nSPS) is 31.5. The number of carboxylic acid groups (broad SMARTS) is 1. The topological polar surface area (TPSA) is 113 Å². The molecule has 2 fully saturated rings. The molecule has 130 valence electrons. The van der Waals surface area contributed by atoms with E-state index in [1.807, 2.05) is 26.0 Å². The van der Waals surface area contributed by atoms with Crippen LogP contribution in [0.4, 0.5) is 4.79 Å². The van der Waals surface area contributed by atoms with Crippen molar-refractivity contribution in [3.8, 4) is 0 Å². The van der Waals surface area contributed by atoms with Crippen LogP contribution in [0, 0.1) is 29.6 Å². The third-order valence-electron chi connectivity index (χ3n) is 4.90. The summed E-state index contributed by atoms with van der Waals surface area (Å²) in [6.45, 7) is 3.64. The molecule has 1 heterocycles. The molecule has 0 radical (unpaired) electrons. The molecular weight excluding hydrogens is 316 g/mol. The lowest BCUT2D eigenvalue weighted by atomic mass is 9.85. The van der Waals surface area contributed by atoms with E-state index < -0.39 is 41.8 Å². The third kappa shape index (κ3) is 2.65. The molecule has 0 aromatic heterocycles. The number of fused-ring (bicyclic) bond motifs is 5. The number of aliphatic carboxylic acids is 1. The van der Waals surface area contributed by atoms with Crippen LogP contribution < -0.4 is 5.32 Å². The number of rotatable bonds is 5. The summed E-state index contributed by atoms with van der Waals surface area (Å²) >= 11 is 0. The first-order valence-electron chi connectivity index (χ1n) is 8.07. The molecule has 1 saturated heterocycles. The van der Waals surface area contributed by atoms with Gasteiger partial charge in [0.1, 0.15) is 6.04 Å². The minimum absolute atomic E-state index is 0.0146. The summed E-state index contributed by atoms with van der Waals surface area (Å²) in [4.78, 5) is 52.7. The van der Waals surface area contributed by atoms with Crippen LogP contribution in [0.15, 0.2) is 12.2 Å². The summed E-state index contributed by atoms with van der Waals surface area (Å²) in [5.74, 6) is -3.10. The Morgan fingerprint density at radius 1 is 1.25 bits per heavy atom. The molecule has 2 bridgehead atoms. The number of nitrogens with one attached hydrogen (secondary N) is 1. The van der Waals surface area contributed by atoms with Crippen LogP contribution >= 0.6 is 0 Å². The molecule has 4 unspecified atom stereocenters. The Hall–Kier alpha value is -2.38. The number of carbonyl (C=O) groups excluding carboxylic acids is 3. The maximum absolute atomic E-state index is 12.4. The van der Waals surface area contributed by atoms with Crippen LogP contribution in [-0.4, -0.2) is 40.1 Å². The number of hydrogen-bond acceptors (Lipinski definition) is 5. The van der Waals surface area contributed by atoms with Gasteiger partial charge >= 0.3 is 12.1 Å². The van der Waals surface area contributed by atoms with Crippen LogP contribution in [0.1, 0.15) is 26.7 Å². The van der Waals surface area contributed by atoms with Crippen LogP contribution in [0.5, 0.6) is 0 Å². The van der Waals surface area contributed by atoms with Gasteiger partial charge in [0.05, 0.1) is 11.8 Å². The van der Waals surface area contributed by atoms with Crippen molar-refractivity contribution >= 4 is 23.9 Å². The largest absolute Gasteiger partial charge is 0.480 e. The first-order chi connectivity index (χ1) is 11.3. The quantitative estimate of drug-likeness (QED) is 0.570. The average molecular weight is 336 g/mol. The summed E-state index contributed by atoms with van der Waals surface area (Å²) in [6.07, 6.45) is 3.76. The van der Waals surface area contributed by atoms with Crippen LogP contribution in [0.25, 0.3) is 0 Å². The number of allylic oxidation sites excluding steroid dienone is 2. The van der Waals surface area contributed by atoms with Gasteiger partial charge in [-0.05, 0) is 30.6 Å². The summed E-state index contributed by atoms with van der Waals surface area (Å²) in [5, 5.41) is 11.8. The lowest BCUT2D eigenvalue weighted by molar-refractivity contribution is -0.174. The summed E-state index contributed by atoms with van der Waals surface area (Å²) < 4.78 is 0. The fraction of sp³-hybridized carbons (Fsp3) is 0.625. The number of carboxylic acids is 1. The van der Waals surface area contributed by atoms with Crippen molar-refractivity contribution in [1.82, 2.24) is 10.4 Å². The molecule has 1 aliphatic heterocycles. The highest BCUT2D eigenvalue weighted by Gasteiger charge is 2.60. The zero-order valence-electron chi connectivity index (χ0n) is 13.5. The number of nitrogens with zero attached hydrogens (tertiary/aromatic N) is 1. The Labute approximate surface area is 138 Å². The maximum Gasteiger partial charge on any atom is 0.432 e. The first kappa shape index (κ1) is 16.5. The average Bonchev–Trinajstić information content (AvgIpc) is 3.16. The van der Waals surface area contributed by atoms with Gasteiger partial charge in [0.25, 0.3) is 11.8 Å². The van der Waals surface area contributed by atoms with Crippen molar-refractivity contribution in [2.45, 2.75) is 32.7 Å². The van der Waals surface area contributed by atoms with Crippen molar-refractivity contribution < 1.29 is 29.1 Å². The summed E-state index contributed by atoms with van der Waals surface area (Å²) in [6, 6.07) is -1.14. The van der Waals surface area contributed by atoms with Gasteiger partial charge in [0.15, 0.2) is 0 Å². The minimum atomic E-state index is -1.20. The van der Waals surface area contributed by atoms with E-state index in [1.165, 1.54) is 0 Å². The van der Waals surface area contributed by atoms with E-state index in [0.29, 0.717) is 5.06 Å². The van der Waals surface area contributed by atoms with Crippen LogP contribution in [-0.2, 0) is 19.2 Å². The van der Waals surface area contributed by atoms with E-state index in [1.54, 1.807) is 0 Å². The highest BCUT2D eigenvalue weighted by Crippen LogP contribution is 2.52. The fourth-order valence-electron chi connectivity index (χ4n) is 3.91. The zero-order chi connectivity index (χ0) is 17.6. The summed E-state index contributed by atoms with van der Waals surface area (Å²) in [7, 11) is 0. The molecule has 0 spiro atoms. The summed E-state index contributed by atoms with van der Waals surface area (Å²) in [5.41, 5.74) is 0. The molecule has 3 amide bonds.